The first kappa shape index (κ1) is 18.7. The number of carbonyl (C=O) groups is 1. The SMILES string of the molecule is CC(C)[C@H](C(=O)NCc1cc([N+](=O)[O-])ccc1[O-])c1ccc(Cl)cc1. The van der Waals surface area contributed by atoms with Gasteiger partial charge in [0.05, 0.1) is 10.8 Å². The molecule has 0 spiro atoms. The predicted molar refractivity (Wildman–Crippen MR) is 93.4 cm³/mol. The van der Waals surface area contributed by atoms with Crippen molar-refractivity contribution in [1.29, 1.82) is 0 Å². The minimum atomic E-state index is -0.574. The van der Waals surface area contributed by atoms with E-state index in [1.54, 1.807) is 24.3 Å². The van der Waals surface area contributed by atoms with Gasteiger partial charge in [-0.2, -0.15) is 0 Å². The molecular formula is C18H18ClN2O4-. The molecule has 2 rings (SSSR count). The van der Waals surface area contributed by atoms with Crippen molar-refractivity contribution in [3.8, 4) is 5.75 Å². The van der Waals surface area contributed by atoms with E-state index in [9.17, 15) is 20.0 Å². The molecule has 0 aliphatic carbocycles. The highest BCUT2D eigenvalue weighted by atomic mass is 35.5. The summed E-state index contributed by atoms with van der Waals surface area (Å²) in [5.41, 5.74) is 0.821. The summed E-state index contributed by atoms with van der Waals surface area (Å²) in [6, 6.07) is 10.5. The van der Waals surface area contributed by atoms with E-state index in [1.165, 1.54) is 6.07 Å². The molecule has 0 aliphatic heterocycles. The Bertz CT molecular complexity index is 775. The van der Waals surface area contributed by atoms with Gasteiger partial charge in [-0.3, -0.25) is 14.9 Å². The van der Waals surface area contributed by atoms with E-state index in [4.69, 9.17) is 11.6 Å². The normalized spacial score (nSPS) is 12.0. The van der Waals surface area contributed by atoms with Crippen LogP contribution in [0.5, 0.6) is 5.75 Å². The van der Waals surface area contributed by atoms with Crippen molar-refractivity contribution in [3.05, 3.63) is 68.7 Å². The molecule has 1 amide bonds. The fourth-order valence-corrected chi connectivity index (χ4v) is 2.74. The molecule has 0 bridgehead atoms. The zero-order chi connectivity index (χ0) is 18.6. The number of halogens is 1. The second-order valence-electron chi connectivity index (χ2n) is 6.04. The summed E-state index contributed by atoms with van der Waals surface area (Å²) in [6.07, 6.45) is 0. The number of rotatable bonds is 6. The Morgan fingerprint density at radius 2 is 1.84 bits per heavy atom. The highest BCUT2D eigenvalue weighted by Gasteiger charge is 2.24. The van der Waals surface area contributed by atoms with Crippen molar-refractivity contribution in [2.45, 2.75) is 26.3 Å². The van der Waals surface area contributed by atoms with Gasteiger partial charge in [-0.15, -0.1) is 5.75 Å². The number of hydrogen-bond donors (Lipinski definition) is 1. The monoisotopic (exact) mass is 361 g/mol. The lowest BCUT2D eigenvalue weighted by Gasteiger charge is -2.22. The van der Waals surface area contributed by atoms with Crippen molar-refractivity contribution >= 4 is 23.2 Å². The second-order valence-corrected chi connectivity index (χ2v) is 6.48. The van der Waals surface area contributed by atoms with Crippen LogP contribution in [0, 0.1) is 16.0 Å². The lowest BCUT2D eigenvalue weighted by Crippen LogP contribution is -2.31. The third-order valence-electron chi connectivity index (χ3n) is 3.89. The van der Waals surface area contributed by atoms with Crippen LogP contribution in [0.25, 0.3) is 0 Å². The van der Waals surface area contributed by atoms with Gasteiger partial charge in [0.25, 0.3) is 5.69 Å². The molecule has 0 fully saturated rings. The predicted octanol–water partition coefficient (Wildman–Crippen LogP) is 3.38. The van der Waals surface area contributed by atoms with Crippen LogP contribution in [-0.4, -0.2) is 10.8 Å². The third kappa shape index (κ3) is 4.70. The molecule has 0 saturated heterocycles. The maximum Gasteiger partial charge on any atom is 0.269 e. The van der Waals surface area contributed by atoms with Gasteiger partial charge in [0, 0.05) is 23.7 Å². The summed E-state index contributed by atoms with van der Waals surface area (Å²) in [6.45, 7) is 3.78. The first-order valence-electron chi connectivity index (χ1n) is 7.77. The molecule has 2 aromatic carbocycles. The van der Waals surface area contributed by atoms with Gasteiger partial charge < -0.3 is 10.4 Å². The topological polar surface area (TPSA) is 95.3 Å². The number of amides is 1. The van der Waals surface area contributed by atoms with Crippen molar-refractivity contribution in [3.63, 3.8) is 0 Å². The van der Waals surface area contributed by atoms with Crippen LogP contribution in [0.15, 0.2) is 42.5 Å². The number of hydrogen-bond acceptors (Lipinski definition) is 4. The Morgan fingerprint density at radius 3 is 2.40 bits per heavy atom. The standard InChI is InChI=1S/C18H19ClN2O4/c1-11(2)17(12-3-5-14(19)6-4-12)18(23)20-10-13-9-15(21(24)25)7-8-16(13)22/h3-9,11,17,22H,10H2,1-2H3,(H,20,23)/p-1/t17-/m0/s1. The molecule has 0 unspecified atom stereocenters. The number of carbonyl (C=O) groups excluding carboxylic acids is 1. The molecule has 6 nitrogen and oxygen atoms in total. The summed E-state index contributed by atoms with van der Waals surface area (Å²) in [7, 11) is 0. The van der Waals surface area contributed by atoms with Gasteiger partial charge in [0.2, 0.25) is 5.91 Å². The maximum absolute atomic E-state index is 12.6. The number of nitrogens with one attached hydrogen (secondary N) is 1. The minimum Gasteiger partial charge on any atom is -0.872 e. The molecule has 1 atom stereocenters. The van der Waals surface area contributed by atoms with E-state index >= 15 is 0 Å². The summed E-state index contributed by atoms with van der Waals surface area (Å²) >= 11 is 5.88. The van der Waals surface area contributed by atoms with Crippen molar-refractivity contribution in [2.75, 3.05) is 0 Å². The van der Waals surface area contributed by atoms with E-state index in [0.717, 1.165) is 17.7 Å². The van der Waals surface area contributed by atoms with Gasteiger partial charge in [-0.25, -0.2) is 0 Å². The Morgan fingerprint density at radius 1 is 1.20 bits per heavy atom. The van der Waals surface area contributed by atoms with Crippen LogP contribution in [0.2, 0.25) is 5.02 Å². The van der Waals surface area contributed by atoms with Crippen LogP contribution in [0.1, 0.15) is 30.9 Å². The first-order valence-corrected chi connectivity index (χ1v) is 8.15. The fourth-order valence-electron chi connectivity index (χ4n) is 2.62. The van der Waals surface area contributed by atoms with Gasteiger partial charge >= 0.3 is 0 Å². The molecule has 0 heterocycles. The quantitative estimate of drug-likeness (QED) is 0.630. The van der Waals surface area contributed by atoms with Gasteiger partial charge in [0.1, 0.15) is 0 Å². The highest BCUT2D eigenvalue weighted by molar-refractivity contribution is 6.30. The Kier molecular flexibility index (Phi) is 5.98. The van der Waals surface area contributed by atoms with E-state index < -0.39 is 10.8 Å². The zero-order valence-corrected chi connectivity index (χ0v) is 14.6. The van der Waals surface area contributed by atoms with Gasteiger partial charge in [-0.05, 0) is 29.2 Å². The number of benzene rings is 2. The average molecular weight is 362 g/mol. The van der Waals surface area contributed by atoms with Gasteiger partial charge in [-0.1, -0.05) is 43.6 Å². The molecule has 1 N–H and O–H groups in total. The first-order chi connectivity index (χ1) is 11.8. The zero-order valence-electron chi connectivity index (χ0n) is 13.9. The van der Waals surface area contributed by atoms with Crippen molar-refractivity contribution in [2.24, 2.45) is 5.92 Å². The second kappa shape index (κ2) is 7.98. The Labute approximate surface area is 150 Å². The largest absolute Gasteiger partial charge is 0.872 e. The van der Waals surface area contributed by atoms with Crippen LogP contribution in [-0.2, 0) is 11.3 Å². The fraction of sp³-hybridized carbons (Fsp3) is 0.278. The van der Waals surface area contributed by atoms with Crippen LogP contribution < -0.4 is 10.4 Å². The van der Waals surface area contributed by atoms with E-state index in [0.29, 0.717) is 5.02 Å². The molecule has 25 heavy (non-hydrogen) atoms. The highest BCUT2D eigenvalue weighted by Crippen LogP contribution is 2.27. The molecule has 132 valence electrons. The number of nitro benzene ring substituents is 1. The summed E-state index contributed by atoms with van der Waals surface area (Å²) in [4.78, 5) is 22.8. The van der Waals surface area contributed by atoms with E-state index in [2.05, 4.69) is 5.32 Å². The molecular weight excluding hydrogens is 344 g/mol. The molecule has 7 heteroatoms. The molecule has 2 aromatic rings. The number of nitrogens with zero attached hydrogens (tertiary/aromatic N) is 1. The van der Waals surface area contributed by atoms with Crippen molar-refractivity contribution in [1.82, 2.24) is 5.32 Å². The maximum atomic E-state index is 12.6. The minimum absolute atomic E-state index is 0.0259. The van der Waals surface area contributed by atoms with Crippen LogP contribution in [0.3, 0.4) is 0 Å². The van der Waals surface area contributed by atoms with E-state index in [-0.39, 0.29) is 35.4 Å². The van der Waals surface area contributed by atoms with E-state index in [1.807, 2.05) is 13.8 Å². The lowest BCUT2D eigenvalue weighted by molar-refractivity contribution is -0.385. The number of nitro groups is 1. The third-order valence-corrected chi connectivity index (χ3v) is 4.14. The molecule has 0 aromatic heterocycles. The Balaban J connectivity index is 2.15. The number of non-ortho nitro benzene ring substituents is 1. The summed E-state index contributed by atoms with van der Waals surface area (Å²) < 4.78 is 0. The van der Waals surface area contributed by atoms with Crippen LogP contribution in [0.4, 0.5) is 5.69 Å². The summed E-state index contributed by atoms with van der Waals surface area (Å²) in [5, 5.41) is 25.9. The van der Waals surface area contributed by atoms with Crippen LogP contribution >= 0.6 is 11.6 Å². The summed E-state index contributed by atoms with van der Waals surface area (Å²) in [5.74, 6) is -0.981. The van der Waals surface area contributed by atoms with Crippen molar-refractivity contribution < 1.29 is 14.8 Å². The van der Waals surface area contributed by atoms with Gasteiger partial charge in [0.15, 0.2) is 0 Å². The lowest BCUT2D eigenvalue weighted by atomic mass is 9.87. The molecule has 0 aliphatic rings. The average Bonchev–Trinajstić information content (AvgIpc) is 2.55. The Hall–Kier alpha value is -2.60. The molecule has 0 radical (unpaired) electrons. The smallest absolute Gasteiger partial charge is 0.269 e. The molecule has 0 saturated carbocycles.